The number of hydrogen-bond acceptors (Lipinski definition) is 3. The van der Waals surface area contributed by atoms with Gasteiger partial charge in [0, 0.05) is 23.3 Å². The van der Waals surface area contributed by atoms with E-state index in [4.69, 9.17) is 14.2 Å². The molecule has 0 saturated heterocycles. The van der Waals surface area contributed by atoms with Gasteiger partial charge in [-0.15, -0.1) is 0 Å². The lowest BCUT2D eigenvalue weighted by Crippen LogP contribution is -1.97. The van der Waals surface area contributed by atoms with Crippen molar-refractivity contribution in [3.63, 3.8) is 0 Å². The number of hydrogen-bond donors (Lipinski definition) is 0. The van der Waals surface area contributed by atoms with E-state index >= 15 is 0 Å². The summed E-state index contributed by atoms with van der Waals surface area (Å²) in [7, 11) is 3.06. The van der Waals surface area contributed by atoms with Gasteiger partial charge >= 0.3 is 0 Å². The number of rotatable bonds is 6. The van der Waals surface area contributed by atoms with E-state index in [0.29, 0.717) is 35.0 Å². The third-order valence-corrected chi connectivity index (χ3v) is 3.89. The van der Waals surface area contributed by atoms with Crippen LogP contribution in [0, 0.1) is 5.82 Å². The van der Waals surface area contributed by atoms with E-state index in [1.165, 1.54) is 13.2 Å². The zero-order chi connectivity index (χ0) is 17.6. The molecule has 0 aliphatic heterocycles. The molecule has 0 aromatic heterocycles. The molecule has 0 spiro atoms. The lowest BCUT2D eigenvalue weighted by Gasteiger charge is -2.13. The molecule has 0 aliphatic carbocycles. The van der Waals surface area contributed by atoms with Crippen LogP contribution < -0.4 is 14.2 Å². The first-order valence-corrected chi connectivity index (χ1v) is 7.90. The molecule has 3 aromatic rings. The van der Waals surface area contributed by atoms with Gasteiger partial charge in [0.15, 0.2) is 0 Å². The van der Waals surface area contributed by atoms with Crippen LogP contribution in [0.1, 0.15) is 5.56 Å². The Labute approximate surface area is 146 Å². The topological polar surface area (TPSA) is 27.7 Å². The highest BCUT2D eigenvalue weighted by Gasteiger charge is 2.13. The Hall–Kier alpha value is -3.01. The van der Waals surface area contributed by atoms with Crippen molar-refractivity contribution < 1.29 is 18.6 Å². The molecule has 3 aromatic carbocycles. The van der Waals surface area contributed by atoms with E-state index < -0.39 is 0 Å². The average Bonchev–Trinajstić information content (AvgIpc) is 2.67. The molecule has 25 heavy (non-hydrogen) atoms. The van der Waals surface area contributed by atoms with Crippen molar-refractivity contribution in [2.45, 2.75) is 6.61 Å². The Morgan fingerprint density at radius 2 is 1.48 bits per heavy atom. The van der Waals surface area contributed by atoms with E-state index in [0.717, 1.165) is 5.56 Å². The predicted molar refractivity (Wildman–Crippen MR) is 95.7 cm³/mol. The van der Waals surface area contributed by atoms with Crippen LogP contribution in [-0.4, -0.2) is 14.2 Å². The molecule has 0 heterocycles. The fraction of sp³-hybridized carbons (Fsp3) is 0.143. The predicted octanol–water partition coefficient (Wildman–Crippen LogP) is 5.09. The molecule has 0 fully saturated rings. The summed E-state index contributed by atoms with van der Waals surface area (Å²) in [6.07, 6.45) is 0. The molecule has 3 nitrogen and oxygen atoms in total. The van der Waals surface area contributed by atoms with Crippen LogP contribution in [0.4, 0.5) is 4.39 Å². The Kier molecular flexibility index (Phi) is 5.19. The zero-order valence-electron chi connectivity index (χ0n) is 14.2. The molecule has 0 bridgehead atoms. The Bertz CT molecular complexity index is 847. The lowest BCUT2D eigenvalue weighted by atomic mass is 10.0. The van der Waals surface area contributed by atoms with Gasteiger partial charge in [-0.05, 0) is 29.8 Å². The van der Waals surface area contributed by atoms with Gasteiger partial charge in [-0.25, -0.2) is 4.39 Å². The highest BCUT2D eigenvalue weighted by molar-refractivity contribution is 5.72. The minimum absolute atomic E-state index is 0.365. The second-order valence-electron chi connectivity index (χ2n) is 5.48. The SMILES string of the molecule is COc1ccc(-c2ccc(OCc3ccccc3)cc2OC)c(F)c1. The van der Waals surface area contributed by atoms with E-state index in [1.54, 1.807) is 31.4 Å². The van der Waals surface area contributed by atoms with Crippen LogP contribution in [0.3, 0.4) is 0 Å². The van der Waals surface area contributed by atoms with Crippen molar-refractivity contribution in [2.75, 3.05) is 14.2 Å². The molecule has 0 atom stereocenters. The van der Waals surface area contributed by atoms with E-state index in [2.05, 4.69) is 0 Å². The quantitative estimate of drug-likeness (QED) is 0.627. The van der Waals surface area contributed by atoms with Gasteiger partial charge in [0.1, 0.15) is 29.7 Å². The average molecular weight is 338 g/mol. The van der Waals surface area contributed by atoms with Gasteiger partial charge in [-0.2, -0.15) is 0 Å². The monoisotopic (exact) mass is 338 g/mol. The molecule has 0 N–H and O–H groups in total. The molecular weight excluding hydrogens is 319 g/mol. The molecule has 0 saturated carbocycles. The van der Waals surface area contributed by atoms with Crippen LogP contribution in [0.25, 0.3) is 11.1 Å². The fourth-order valence-electron chi connectivity index (χ4n) is 2.57. The highest BCUT2D eigenvalue weighted by Crippen LogP contribution is 2.36. The molecule has 4 heteroatoms. The molecule has 128 valence electrons. The molecule has 0 amide bonds. The second-order valence-corrected chi connectivity index (χ2v) is 5.48. The van der Waals surface area contributed by atoms with Crippen molar-refractivity contribution in [3.8, 4) is 28.4 Å². The first-order valence-electron chi connectivity index (χ1n) is 7.90. The Balaban J connectivity index is 1.84. The van der Waals surface area contributed by atoms with Gasteiger partial charge in [0.25, 0.3) is 0 Å². The van der Waals surface area contributed by atoms with Gasteiger partial charge in [0.05, 0.1) is 14.2 Å². The second kappa shape index (κ2) is 7.71. The van der Waals surface area contributed by atoms with E-state index in [9.17, 15) is 4.39 Å². The summed E-state index contributed by atoms with van der Waals surface area (Å²) in [6.45, 7) is 0.459. The largest absolute Gasteiger partial charge is 0.497 e. The van der Waals surface area contributed by atoms with Gasteiger partial charge < -0.3 is 14.2 Å². The molecular formula is C21H19FO3. The van der Waals surface area contributed by atoms with Crippen molar-refractivity contribution in [1.29, 1.82) is 0 Å². The van der Waals surface area contributed by atoms with Crippen LogP contribution in [0.2, 0.25) is 0 Å². The summed E-state index contributed by atoms with van der Waals surface area (Å²) in [5.41, 5.74) is 2.19. The number of methoxy groups -OCH3 is 2. The van der Waals surface area contributed by atoms with E-state index in [-0.39, 0.29) is 5.82 Å². The third kappa shape index (κ3) is 3.91. The maximum Gasteiger partial charge on any atom is 0.134 e. The fourth-order valence-corrected chi connectivity index (χ4v) is 2.57. The first kappa shape index (κ1) is 16.8. The lowest BCUT2D eigenvalue weighted by molar-refractivity contribution is 0.304. The van der Waals surface area contributed by atoms with Crippen molar-refractivity contribution in [3.05, 3.63) is 78.1 Å². The van der Waals surface area contributed by atoms with Crippen molar-refractivity contribution in [1.82, 2.24) is 0 Å². The maximum atomic E-state index is 14.3. The summed E-state index contributed by atoms with van der Waals surface area (Å²) in [5, 5.41) is 0. The Morgan fingerprint density at radius 1 is 0.760 bits per heavy atom. The number of benzene rings is 3. The minimum Gasteiger partial charge on any atom is -0.497 e. The van der Waals surface area contributed by atoms with Crippen LogP contribution in [0.5, 0.6) is 17.2 Å². The molecule has 3 rings (SSSR count). The molecule has 0 aliphatic rings. The summed E-state index contributed by atoms with van der Waals surface area (Å²) in [5.74, 6) is 1.33. The summed E-state index contributed by atoms with van der Waals surface area (Å²) >= 11 is 0. The normalized spacial score (nSPS) is 10.4. The summed E-state index contributed by atoms with van der Waals surface area (Å²) in [4.78, 5) is 0. The van der Waals surface area contributed by atoms with Crippen LogP contribution >= 0.6 is 0 Å². The first-order chi connectivity index (χ1) is 12.2. The maximum absolute atomic E-state index is 14.3. The Morgan fingerprint density at radius 3 is 2.16 bits per heavy atom. The summed E-state index contributed by atoms with van der Waals surface area (Å²) < 4.78 is 30.6. The summed E-state index contributed by atoms with van der Waals surface area (Å²) in [6, 6.07) is 20.0. The number of ether oxygens (including phenoxy) is 3. The van der Waals surface area contributed by atoms with Gasteiger partial charge in [-0.1, -0.05) is 30.3 Å². The van der Waals surface area contributed by atoms with Gasteiger partial charge in [0.2, 0.25) is 0 Å². The van der Waals surface area contributed by atoms with Crippen LogP contribution in [-0.2, 0) is 6.61 Å². The van der Waals surface area contributed by atoms with Crippen LogP contribution in [0.15, 0.2) is 66.7 Å². The minimum atomic E-state index is -0.365. The smallest absolute Gasteiger partial charge is 0.134 e. The number of halogens is 1. The molecule has 0 unspecified atom stereocenters. The standard InChI is InChI=1S/C21H19FO3/c1-23-16-8-10-18(20(22)12-16)19-11-9-17(13-21(19)24-2)25-14-15-6-4-3-5-7-15/h3-13H,14H2,1-2H3. The van der Waals surface area contributed by atoms with Crippen molar-refractivity contribution in [2.24, 2.45) is 0 Å². The highest BCUT2D eigenvalue weighted by atomic mass is 19.1. The van der Waals surface area contributed by atoms with Crippen molar-refractivity contribution >= 4 is 0 Å². The zero-order valence-corrected chi connectivity index (χ0v) is 14.2. The van der Waals surface area contributed by atoms with Gasteiger partial charge in [-0.3, -0.25) is 0 Å². The van der Waals surface area contributed by atoms with E-state index in [1.807, 2.05) is 36.4 Å². The molecule has 0 radical (unpaired) electrons. The third-order valence-electron chi connectivity index (χ3n) is 3.89.